The van der Waals surface area contributed by atoms with Crippen molar-refractivity contribution in [2.75, 3.05) is 17.6 Å². The van der Waals surface area contributed by atoms with Gasteiger partial charge in [0.15, 0.2) is 5.82 Å². The number of nitrogen functional groups attached to an aromatic ring is 1. The first-order chi connectivity index (χ1) is 7.02. The normalized spacial score (nSPS) is 12.8. The standard InChI is InChI=1S/C9H17N5O/c1-5(2)6(10)3-12-8-7(11)9(15)14-4-13-8/h4-6H,3,10-11H2,1-2H3,(H2,12,13,14,15). The highest BCUT2D eigenvalue weighted by molar-refractivity contribution is 5.58. The lowest BCUT2D eigenvalue weighted by atomic mass is 10.1. The fourth-order valence-electron chi connectivity index (χ4n) is 1.00. The van der Waals surface area contributed by atoms with Gasteiger partial charge in [-0.15, -0.1) is 0 Å². The second kappa shape index (κ2) is 4.79. The molecule has 0 aliphatic carbocycles. The maximum Gasteiger partial charge on any atom is 0.276 e. The number of aromatic nitrogens is 2. The molecule has 1 unspecified atom stereocenters. The molecule has 1 atom stereocenters. The van der Waals surface area contributed by atoms with Crippen LogP contribution < -0.4 is 22.3 Å². The van der Waals surface area contributed by atoms with Gasteiger partial charge in [-0.05, 0) is 5.92 Å². The summed E-state index contributed by atoms with van der Waals surface area (Å²) >= 11 is 0. The molecule has 0 aliphatic heterocycles. The molecule has 0 amide bonds. The summed E-state index contributed by atoms with van der Waals surface area (Å²) in [6, 6.07) is 0.00508. The Hall–Kier alpha value is -1.56. The number of nitrogens with zero attached hydrogens (tertiary/aromatic N) is 1. The molecule has 1 aromatic heterocycles. The van der Waals surface area contributed by atoms with Gasteiger partial charge < -0.3 is 21.8 Å². The number of rotatable bonds is 4. The smallest absolute Gasteiger partial charge is 0.276 e. The molecule has 0 saturated carbocycles. The Bertz CT molecular complexity index is 373. The number of aromatic amines is 1. The molecular formula is C9H17N5O. The van der Waals surface area contributed by atoms with Gasteiger partial charge in [0.05, 0.1) is 6.33 Å². The van der Waals surface area contributed by atoms with Gasteiger partial charge >= 0.3 is 0 Å². The van der Waals surface area contributed by atoms with Crippen LogP contribution in [0.5, 0.6) is 0 Å². The minimum atomic E-state index is -0.342. The van der Waals surface area contributed by atoms with Crippen molar-refractivity contribution in [1.82, 2.24) is 9.97 Å². The summed E-state index contributed by atoms with van der Waals surface area (Å²) < 4.78 is 0. The van der Waals surface area contributed by atoms with Crippen LogP contribution in [0, 0.1) is 5.92 Å². The van der Waals surface area contributed by atoms with E-state index in [-0.39, 0.29) is 17.3 Å². The zero-order chi connectivity index (χ0) is 11.4. The van der Waals surface area contributed by atoms with Crippen molar-refractivity contribution >= 4 is 11.5 Å². The van der Waals surface area contributed by atoms with Gasteiger partial charge in [-0.25, -0.2) is 4.98 Å². The molecule has 0 bridgehead atoms. The van der Waals surface area contributed by atoms with Crippen molar-refractivity contribution in [2.24, 2.45) is 11.7 Å². The molecule has 84 valence electrons. The summed E-state index contributed by atoms with van der Waals surface area (Å²) in [7, 11) is 0. The van der Waals surface area contributed by atoms with E-state index in [1.807, 2.05) is 13.8 Å². The number of hydrogen-bond acceptors (Lipinski definition) is 5. The average molecular weight is 211 g/mol. The van der Waals surface area contributed by atoms with Crippen LogP contribution in [0.15, 0.2) is 11.1 Å². The topological polar surface area (TPSA) is 110 Å². The zero-order valence-corrected chi connectivity index (χ0v) is 8.95. The summed E-state index contributed by atoms with van der Waals surface area (Å²) in [4.78, 5) is 17.4. The Labute approximate surface area is 88.1 Å². The van der Waals surface area contributed by atoms with Crippen LogP contribution in [-0.2, 0) is 0 Å². The molecule has 1 heterocycles. The summed E-state index contributed by atoms with van der Waals surface area (Å²) in [5, 5.41) is 2.95. The summed E-state index contributed by atoms with van der Waals surface area (Å²) in [6.07, 6.45) is 1.31. The molecule has 6 nitrogen and oxygen atoms in total. The molecule has 0 spiro atoms. The predicted octanol–water partition coefficient (Wildman–Crippen LogP) is -0.253. The van der Waals surface area contributed by atoms with Crippen molar-refractivity contribution in [2.45, 2.75) is 19.9 Å². The molecule has 15 heavy (non-hydrogen) atoms. The first kappa shape index (κ1) is 11.5. The maximum atomic E-state index is 11.1. The van der Waals surface area contributed by atoms with Crippen molar-refractivity contribution in [3.05, 3.63) is 16.7 Å². The van der Waals surface area contributed by atoms with Crippen LogP contribution in [-0.4, -0.2) is 22.6 Å². The molecular weight excluding hydrogens is 194 g/mol. The van der Waals surface area contributed by atoms with Gasteiger partial charge in [-0.2, -0.15) is 0 Å². The van der Waals surface area contributed by atoms with Crippen molar-refractivity contribution < 1.29 is 0 Å². The minimum Gasteiger partial charge on any atom is -0.391 e. The van der Waals surface area contributed by atoms with Crippen LogP contribution in [0.3, 0.4) is 0 Å². The average Bonchev–Trinajstić information content (AvgIpc) is 2.19. The van der Waals surface area contributed by atoms with E-state index in [1.54, 1.807) is 0 Å². The Kier molecular flexibility index (Phi) is 3.68. The second-order valence-electron chi connectivity index (χ2n) is 3.78. The van der Waals surface area contributed by atoms with Gasteiger partial charge in [0, 0.05) is 12.6 Å². The van der Waals surface area contributed by atoms with Crippen LogP contribution in [0.2, 0.25) is 0 Å². The number of anilines is 2. The fourth-order valence-corrected chi connectivity index (χ4v) is 1.00. The Morgan fingerprint density at radius 1 is 1.60 bits per heavy atom. The van der Waals surface area contributed by atoms with Crippen LogP contribution in [0.4, 0.5) is 11.5 Å². The highest BCUT2D eigenvalue weighted by atomic mass is 16.1. The van der Waals surface area contributed by atoms with Crippen molar-refractivity contribution in [3.8, 4) is 0 Å². The van der Waals surface area contributed by atoms with E-state index < -0.39 is 0 Å². The summed E-state index contributed by atoms with van der Waals surface area (Å²) in [6.45, 7) is 4.60. The third kappa shape index (κ3) is 2.95. The fraction of sp³-hybridized carbons (Fsp3) is 0.556. The van der Waals surface area contributed by atoms with Crippen LogP contribution in [0.1, 0.15) is 13.8 Å². The SMILES string of the molecule is CC(C)C(N)CNc1nc[nH]c(=O)c1N. The lowest BCUT2D eigenvalue weighted by Gasteiger charge is -2.16. The van der Waals surface area contributed by atoms with Gasteiger partial charge in [0.2, 0.25) is 0 Å². The van der Waals surface area contributed by atoms with Gasteiger partial charge in [0.1, 0.15) is 5.69 Å². The first-order valence-electron chi connectivity index (χ1n) is 4.85. The zero-order valence-electron chi connectivity index (χ0n) is 8.95. The minimum absolute atomic E-state index is 0.00508. The molecule has 6 heteroatoms. The lowest BCUT2D eigenvalue weighted by Crippen LogP contribution is -2.34. The number of nitrogens with one attached hydrogen (secondary N) is 2. The number of H-pyrrole nitrogens is 1. The van der Waals surface area contributed by atoms with Crippen LogP contribution >= 0.6 is 0 Å². The van der Waals surface area contributed by atoms with E-state index in [1.165, 1.54) is 6.33 Å². The molecule has 0 saturated heterocycles. The molecule has 0 aliphatic rings. The second-order valence-corrected chi connectivity index (χ2v) is 3.78. The monoisotopic (exact) mass is 211 g/mol. The maximum absolute atomic E-state index is 11.1. The van der Waals surface area contributed by atoms with E-state index in [9.17, 15) is 4.79 Å². The van der Waals surface area contributed by atoms with Gasteiger partial charge in [-0.1, -0.05) is 13.8 Å². The third-order valence-electron chi connectivity index (χ3n) is 2.25. The molecule has 0 fully saturated rings. The van der Waals surface area contributed by atoms with Gasteiger partial charge in [-0.3, -0.25) is 4.79 Å². The van der Waals surface area contributed by atoms with Crippen molar-refractivity contribution in [3.63, 3.8) is 0 Å². The number of nitrogens with two attached hydrogens (primary N) is 2. The highest BCUT2D eigenvalue weighted by Gasteiger charge is 2.09. The Balaban J connectivity index is 2.66. The Morgan fingerprint density at radius 2 is 2.27 bits per heavy atom. The quantitative estimate of drug-likeness (QED) is 0.549. The van der Waals surface area contributed by atoms with E-state index in [4.69, 9.17) is 11.5 Å². The van der Waals surface area contributed by atoms with Crippen molar-refractivity contribution in [1.29, 1.82) is 0 Å². The Morgan fingerprint density at radius 3 is 2.87 bits per heavy atom. The highest BCUT2D eigenvalue weighted by Crippen LogP contribution is 2.08. The van der Waals surface area contributed by atoms with E-state index in [2.05, 4.69) is 15.3 Å². The van der Waals surface area contributed by atoms with E-state index in [0.717, 1.165) is 0 Å². The largest absolute Gasteiger partial charge is 0.391 e. The predicted molar refractivity (Wildman–Crippen MR) is 60.6 cm³/mol. The summed E-state index contributed by atoms with van der Waals surface area (Å²) in [5.41, 5.74) is 11.1. The number of hydrogen-bond donors (Lipinski definition) is 4. The molecule has 1 aromatic rings. The molecule has 6 N–H and O–H groups in total. The molecule has 0 aromatic carbocycles. The molecule has 0 radical (unpaired) electrons. The van der Waals surface area contributed by atoms with E-state index in [0.29, 0.717) is 18.3 Å². The van der Waals surface area contributed by atoms with E-state index >= 15 is 0 Å². The summed E-state index contributed by atoms with van der Waals surface area (Å²) in [5.74, 6) is 0.746. The first-order valence-corrected chi connectivity index (χ1v) is 4.85. The third-order valence-corrected chi connectivity index (χ3v) is 2.25. The van der Waals surface area contributed by atoms with Crippen LogP contribution in [0.25, 0.3) is 0 Å². The molecule has 1 rings (SSSR count). The lowest BCUT2D eigenvalue weighted by molar-refractivity contribution is 0.511. The van der Waals surface area contributed by atoms with Gasteiger partial charge in [0.25, 0.3) is 5.56 Å².